The van der Waals surface area contributed by atoms with Crippen molar-refractivity contribution in [1.82, 2.24) is 15.3 Å². The van der Waals surface area contributed by atoms with Crippen LogP contribution in [0.3, 0.4) is 0 Å². The third kappa shape index (κ3) is 4.99. The molecule has 1 heterocycles. The van der Waals surface area contributed by atoms with Crippen molar-refractivity contribution in [3.8, 4) is 0 Å². The summed E-state index contributed by atoms with van der Waals surface area (Å²) >= 11 is 0. The van der Waals surface area contributed by atoms with Crippen LogP contribution in [0.5, 0.6) is 0 Å². The Morgan fingerprint density at radius 2 is 1.86 bits per heavy atom. The van der Waals surface area contributed by atoms with Crippen molar-refractivity contribution in [3.05, 3.63) is 17.5 Å². The van der Waals surface area contributed by atoms with Crippen molar-refractivity contribution in [2.24, 2.45) is 0 Å². The van der Waals surface area contributed by atoms with E-state index in [0.717, 1.165) is 18.5 Å². The predicted molar refractivity (Wildman–Crippen MR) is 84.5 cm³/mol. The Bertz CT molecular complexity index is 501. The van der Waals surface area contributed by atoms with E-state index in [-0.39, 0.29) is 11.4 Å². The van der Waals surface area contributed by atoms with Crippen LogP contribution in [-0.4, -0.2) is 27.5 Å². The summed E-state index contributed by atoms with van der Waals surface area (Å²) in [5.74, 6) is 0.417. The summed E-state index contributed by atoms with van der Waals surface area (Å²) in [7, 11) is 0. The topological polar surface area (TPSA) is 66.9 Å². The molecule has 0 radical (unpaired) electrons. The van der Waals surface area contributed by atoms with E-state index >= 15 is 0 Å². The van der Waals surface area contributed by atoms with Gasteiger partial charge in [0.25, 0.3) is 5.91 Å². The molecule has 5 heteroatoms. The Kier molecular flexibility index (Phi) is 4.80. The zero-order valence-corrected chi connectivity index (χ0v) is 13.5. The lowest BCUT2D eigenvalue weighted by molar-refractivity contribution is 0.0922. The average Bonchev–Trinajstić information content (AvgIpc) is 2.37. The molecular formula is C16H26N4O. The van der Waals surface area contributed by atoms with Gasteiger partial charge in [-0.05, 0) is 46.6 Å². The summed E-state index contributed by atoms with van der Waals surface area (Å²) < 4.78 is 0. The van der Waals surface area contributed by atoms with E-state index in [9.17, 15) is 4.79 Å². The fourth-order valence-corrected chi connectivity index (χ4v) is 2.58. The van der Waals surface area contributed by atoms with Gasteiger partial charge < -0.3 is 10.6 Å². The van der Waals surface area contributed by atoms with Crippen LogP contribution in [-0.2, 0) is 0 Å². The van der Waals surface area contributed by atoms with Gasteiger partial charge in [0.1, 0.15) is 5.69 Å². The largest absolute Gasteiger partial charge is 0.350 e. The lowest BCUT2D eigenvalue weighted by Crippen LogP contribution is -2.37. The van der Waals surface area contributed by atoms with Crippen molar-refractivity contribution in [3.63, 3.8) is 0 Å². The first kappa shape index (κ1) is 15.7. The van der Waals surface area contributed by atoms with Crippen LogP contribution in [0.2, 0.25) is 0 Å². The normalized spacial score (nSPS) is 16.6. The van der Waals surface area contributed by atoms with Crippen LogP contribution in [0.15, 0.2) is 6.07 Å². The van der Waals surface area contributed by atoms with E-state index in [4.69, 9.17) is 0 Å². The van der Waals surface area contributed by atoms with Gasteiger partial charge in [-0.25, -0.2) is 9.97 Å². The maximum absolute atomic E-state index is 12.4. The second kappa shape index (κ2) is 6.41. The molecule has 0 atom stereocenters. The minimum Gasteiger partial charge on any atom is -0.350 e. The third-order valence-corrected chi connectivity index (χ3v) is 3.51. The van der Waals surface area contributed by atoms with Gasteiger partial charge in [-0.3, -0.25) is 4.79 Å². The number of aryl methyl sites for hydroxylation is 1. The number of aromatic nitrogens is 2. The first-order valence-electron chi connectivity index (χ1n) is 7.78. The van der Waals surface area contributed by atoms with Gasteiger partial charge in [-0.15, -0.1) is 0 Å². The van der Waals surface area contributed by atoms with Gasteiger partial charge in [0.15, 0.2) is 0 Å². The molecule has 5 nitrogen and oxygen atoms in total. The van der Waals surface area contributed by atoms with Crippen LogP contribution < -0.4 is 10.6 Å². The van der Waals surface area contributed by atoms with Crippen LogP contribution in [0.4, 0.5) is 5.95 Å². The molecule has 21 heavy (non-hydrogen) atoms. The smallest absolute Gasteiger partial charge is 0.270 e. The molecule has 0 aromatic carbocycles. The van der Waals surface area contributed by atoms with Gasteiger partial charge >= 0.3 is 0 Å². The summed E-state index contributed by atoms with van der Waals surface area (Å²) in [6.07, 6.45) is 5.82. The maximum Gasteiger partial charge on any atom is 0.270 e. The maximum atomic E-state index is 12.4. The SMILES string of the molecule is Cc1cc(C(=O)NC2CCCCC2)nc(NC(C)(C)C)n1. The van der Waals surface area contributed by atoms with Crippen LogP contribution in [0, 0.1) is 6.92 Å². The number of anilines is 1. The second-order valence-electron chi connectivity index (χ2n) is 6.90. The van der Waals surface area contributed by atoms with E-state index in [1.807, 2.05) is 27.7 Å². The van der Waals surface area contributed by atoms with Crippen LogP contribution in [0.1, 0.15) is 69.1 Å². The van der Waals surface area contributed by atoms with Gasteiger partial charge in [-0.1, -0.05) is 19.3 Å². The fourth-order valence-electron chi connectivity index (χ4n) is 2.58. The fraction of sp³-hybridized carbons (Fsp3) is 0.688. The summed E-state index contributed by atoms with van der Waals surface area (Å²) in [4.78, 5) is 21.1. The Hall–Kier alpha value is -1.65. The average molecular weight is 290 g/mol. The third-order valence-electron chi connectivity index (χ3n) is 3.51. The summed E-state index contributed by atoms with van der Waals surface area (Å²) in [6, 6.07) is 2.03. The highest BCUT2D eigenvalue weighted by Crippen LogP contribution is 2.18. The molecule has 116 valence electrons. The van der Waals surface area contributed by atoms with Gasteiger partial charge in [-0.2, -0.15) is 0 Å². The lowest BCUT2D eigenvalue weighted by atomic mass is 9.95. The summed E-state index contributed by atoms with van der Waals surface area (Å²) in [6.45, 7) is 8.01. The lowest BCUT2D eigenvalue weighted by Gasteiger charge is -2.23. The van der Waals surface area contributed by atoms with Gasteiger partial charge in [0.2, 0.25) is 5.95 Å². The van der Waals surface area contributed by atoms with Crippen molar-refractivity contribution >= 4 is 11.9 Å². The molecule has 1 aliphatic carbocycles. The molecular weight excluding hydrogens is 264 g/mol. The first-order chi connectivity index (χ1) is 9.83. The molecule has 1 aromatic heterocycles. The number of hydrogen-bond donors (Lipinski definition) is 2. The molecule has 0 spiro atoms. The Labute approximate surface area is 127 Å². The molecule has 1 saturated carbocycles. The van der Waals surface area contributed by atoms with Crippen molar-refractivity contribution in [1.29, 1.82) is 0 Å². The Morgan fingerprint density at radius 1 is 1.19 bits per heavy atom. The van der Waals surface area contributed by atoms with E-state index in [2.05, 4.69) is 20.6 Å². The monoisotopic (exact) mass is 290 g/mol. The zero-order valence-electron chi connectivity index (χ0n) is 13.5. The highest BCUT2D eigenvalue weighted by molar-refractivity contribution is 5.92. The van der Waals surface area contributed by atoms with Crippen molar-refractivity contribution < 1.29 is 4.79 Å². The minimum atomic E-state index is -0.134. The molecule has 0 aliphatic heterocycles. The molecule has 2 rings (SSSR count). The highest BCUT2D eigenvalue weighted by Gasteiger charge is 2.19. The number of nitrogens with one attached hydrogen (secondary N) is 2. The van der Waals surface area contributed by atoms with Crippen molar-refractivity contribution in [2.75, 3.05) is 5.32 Å². The first-order valence-corrected chi connectivity index (χ1v) is 7.78. The number of hydrogen-bond acceptors (Lipinski definition) is 4. The van der Waals surface area contributed by atoms with Gasteiger partial charge in [0.05, 0.1) is 0 Å². The molecule has 0 saturated heterocycles. The molecule has 1 aliphatic rings. The van der Waals surface area contributed by atoms with E-state index in [1.165, 1.54) is 19.3 Å². The number of amides is 1. The van der Waals surface area contributed by atoms with Gasteiger partial charge in [0, 0.05) is 17.3 Å². The number of rotatable bonds is 3. The minimum absolute atomic E-state index is 0.0932. The number of carbonyl (C=O) groups excluding carboxylic acids is 1. The molecule has 1 amide bonds. The van der Waals surface area contributed by atoms with E-state index in [0.29, 0.717) is 17.7 Å². The van der Waals surface area contributed by atoms with Crippen LogP contribution in [0.25, 0.3) is 0 Å². The zero-order chi connectivity index (χ0) is 15.5. The predicted octanol–water partition coefficient (Wildman–Crippen LogP) is 3.06. The second-order valence-corrected chi connectivity index (χ2v) is 6.90. The summed E-state index contributed by atoms with van der Waals surface area (Å²) in [5.41, 5.74) is 1.11. The standard InChI is InChI=1S/C16H26N4O/c1-11-10-13(19-15(17-11)20-16(2,3)4)14(21)18-12-8-6-5-7-9-12/h10,12H,5-9H2,1-4H3,(H,18,21)(H,17,19,20). The molecule has 0 bridgehead atoms. The Morgan fingerprint density at radius 3 is 2.48 bits per heavy atom. The number of nitrogens with zero attached hydrogens (tertiary/aromatic N) is 2. The Balaban J connectivity index is 2.09. The molecule has 1 fully saturated rings. The number of carbonyl (C=O) groups is 1. The molecule has 2 N–H and O–H groups in total. The van der Waals surface area contributed by atoms with Crippen molar-refractivity contribution in [2.45, 2.75) is 71.4 Å². The molecule has 1 aromatic rings. The summed E-state index contributed by atoms with van der Waals surface area (Å²) in [5, 5.41) is 6.31. The highest BCUT2D eigenvalue weighted by atomic mass is 16.1. The molecule has 0 unspecified atom stereocenters. The van der Waals surface area contributed by atoms with E-state index < -0.39 is 0 Å². The quantitative estimate of drug-likeness (QED) is 0.898. The van der Waals surface area contributed by atoms with Crippen LogP contribution >= 0.6 is 0 Å². The van der Waals surface area contributed by atoms with E-state index in [1.54, 1.807) is 6.07 Å².